The van der Waals surface area contributed by atoms with Crippen molar-refractivity contribution < 1.29 is 63.9 Å². The van der Waals surface area contributed by atoms with Gasteiger partial charge in [0.15, 0.2) is 12.1 Å². The van der Waals surface area contributed by atoms with Gasteiger partial charge in [0.25, 0.3) is 0 Å². The first-order valence-corrected chi connectivity index (χ1v) is 15.9. The Morgan fingerprint density at radius 2 is 1.64 bits per heavy atom. The highest BCUT2D eigenvalue weighted by Gasteiger charge is 2.51. The number of allylic oxidation sites excluding steroid dienone is 6. The summed E-state index contributed by atoms with van der Waals surface area (Å²) in [7, 11) is 0. The second kappa shape index (κ2) is 16.6. The van der Waals surface area contributed by atoms with E-state index in [4.69, 9.17) is 29.4 Å². The third kappa shape index (κ3) is 10.6. The number of hydrogen-bond donors (Lipinski definition) is 7. The number of carboxylic acids is 1. The number of epoxide rings is 1. The van der Waals surface area contributed by atoms with Crippen LogP contribution < -0.4 is 5.73 Å². The molecule has 0 aromatic heterocycles. The summed E-state index contributed by atoms with van der Waals surface area (Å²) in [6.07, 6.45) is 5.25. The molecule has 3 saturated heterocycles. The average Bonchev–Trinajstić information content (AvgIpc) is 3.72. The van der Waals surface area contributed by atoms with Crippen LogP contribution in [0.3, 0.4) is 0 Å². The summed E-state index contributed by atoms with van der Waals surface area (Å²) in [5, 5.41) is 63.9. The largest absolute Gasteiger partial charge is 0.481 e. The first kappa shape index (κ1) is 37.1. The van der Waals surface area contributed by atoms with Crippen LogP contribution in [0.1, 0.15) is 46.0 Å². The summed E-state index contributed by atoms with van der Waals surface area (Å²) in [5.74, 6) is -5.45. The van der Waals surface area contributed by atoms with Gasteiger partial charge >= 0.3 is 11.9 Å². The molecule has 0 aromatic carbocycles. The van der Waals surface area contributed by atoms with Crippen LogP contribution >= 0.6 is 0 Å². The minimum atomic E-state index is -2.10. The Labute approximate surface area is 273 Å². The molecule has 47 heavy (non-hydrogen) atoms. The Morgan fingerprint density at radius 1 is 0.936 bits per heavy atom. The van der Waals surface area contributed by atoms with Gasteiger partial charge in [0, 0.05) is 38.2 Å². The van der Waals surface area contributed by atoms with Gasteiger partial charge in [-0.25, -0.2) is 4.79 Å². The molecule has 4 aliphatic rings. The molecule has 14 atom stereocenters. The van der Waals surface area contributed by atoms with Gasteiger partial charge in [0.05, 0.1) is 48.8 Å². The fourth-order valence-electron chi connectivity index (χ4n) is 6.00. The van der Waals surface area contributed by atoms with Crippen LogP contribution in [0.15, 0.2) is 60.8 Å². The Morgan fingerprint density at radius 3 is 2.36 bits per heavy atom. The number of carboxylic acid groups (broad SMARTS) is 1. The Balaban J connectivity index is 1.58. The molecular formula is C33H47NO13. The lowest BCUT2D eigenvalue weighted by atomic mass is 9.83. The fourth-order valence-corrected chi connectivity index (χ4v) is 6.00. The highest BCUT2D eigenvalue weighted by Crippen LogP contribution is 2.39. The standard InChI is InChI=1S/C33H47NO13/c1-18-10-8-6-4-3-5-7-9-11-21(45-32-30(39)28(34)29(38)19(2)44-32)15-25-27(31(40)41)22(36)17-33(42,47-25)16-20(35)14-24-23(46-24)12-13-26(37)43-18/h3-9,11-13,18-25,27-30,32,35-36,38-39,42H,10,14-17,34H2,1-2H3,(H,40,41)/b4-3+,7-5+,8-6+,11-9+,13-12+/t18-,19-,20-,21+,22-,23-,24+,25-,27+,28+,29+,30+,32+,33+/m1/s1. The van der Waals surface area contributed by atoms with E-state index >= 15 is 0 Å². The van der Waals surface area contributed by atoms with Gasteiger partial charge in [-0.15, -0.1) is 0 Å². The van der Waals surface area contributed by atoms with Crippen molar-refractivity contribution in [3.8, 4) is 0 Å². The molecule has 0 saturated carbocycles. The summed E-state index contributed by atoms with van der Waals surface area (Å²) < 4.78 is 28.5. The summed E-state index contributed by atoms with van der Waals surface area (Å²) in [4.78, 5) is 24.4. The normalized spacial score (nSPS) is 47.2. The third-order valence-corrected chi connectivity index (χ3v) is 8.58. The lowest BCUT2D eigenvalue weighted by Crippen LogP contribution is -2.61. The quantitative estimate of drug-likeness (QED) is 0.157. The number of carbonyl (C=O) groups excluding carboxylic acids is 1. The minimum Gasteiger partial charge on any atom is -0.481 e. The molecule has 3 fully saturated rings. The molecule has 0 spiro atoms. The Bertz CT molecular complexity index is 1220. The maximum atomic E-state index is 12.3. The smallest absolute Gasteiger partial charge is 0.330 e. The van der Waals surface area contributed by atoms with E-state index in [1.165, 1.54) is 12.2 Å². The molecule has 0 aliphatic carbocycles. The van der Waals surface area contributed by atoms with Crippen molar-refractivity contribution in [1.82, 2.24) is 0 Å². The second-order valence-electron chi connectivity index (χ2n) is 12.6. The molecule has 4 aliphatic heterocycles. The van der Waals surface area contributed by atoms with E-state index in [9.17, 15) is 40.2 Å². The molecule has 2 bridgehead atoms. The van der Waals surface area contributed by atoms with Gasteiger partial charge in [0.2, 0.25) is 0 Å². The fraction of sp³-hybridized carbons (Fsp3) is 0.636. The van der Waals surface area contributed by atoms with E-state index in [-0.39, 0.29) is 25.4 Å². The molecule has 4 heterocycles. The monoisotopic (exact) mass is 665 g/mol. The maximum absolute atomic E-state index is 12.3. The van der Waals surface area contributed by atoms with Crippen LogP contribution in [0.5, 0.6) is 0 Å². The number of esters is 1. The summed E-state index contributed by atoms with van der Waals surface area (Å²) >= 11 is 0. The van der Waals surface area contributed by atoms with Crippen LogP contribution in [0.2, 0.25) is 0 Å². The average molecular weight is 666 g/mol. The van der Waals surface area contributed by atoms with Crippen molar-refractivity contribution >= 4 is 11.9 Å². The molecule has 14 nitrogen and oxygen atoms in total. The maximum Gasteiger partial charge on any atom is 0.330 e. The number of rotatable bonds is 3. The van der Waals surface area contributed by atoms with Crippen molar-refractivity contribution in [2.24, 2.45) is 11.7 Å². The minimum absolute atomic E-state index is 0.0789. The molecule has 4 rings (SSSR count). The molecule has 0 aromatic rings. The second-order valence-corrected chi connectivity index (χ2v) is 12.6. The zero-order valence-electron chi connectivity index (χ0n) is 26.4. The van der Waals surface area contributed by atoms with Crippen molar-refractivity contribution in [1.29, 1.82) is 0 Å². The zero-order chi connectivity index (χ0) is 34.3. The topological polar surface area (TPSA) is 231 Å². The highest BCUT2D eigenvalue weighted by atomic mass is 16.7. The molecule has 0 radical (unpaired) electrons. The Kier molecular flexibility index (Phi) is 13.1. The Hall–Kier alpha value is -2.76. The van der Waals surface area contributed by atoms with E-state index in [1.807, 2.05) is 6.08 Å². The number of aliphatic carboxylic acids is 1. The number of carbonyl (C=O) groups is 2. The molecule has 262 valence electrons. The van der Waals surface area contributed by atoms with Crippen LogP contribution in [0.25, 0.3) is 0 Å². The van der Waals surface area contributed by atoms with Gasteiger partial charge in [-0.05, 0) is 19.9 Å². The van der Waals surface area contributed by atoms with Gasteiger partial charge in [-0.2, -0.15) is 0 Å². The zero-order valence-corrected chi connectivity index (χ0v) is 26.4. The van der Waals surface area contributed by atoms with Gasteiger partial charge in [0.1, 0.15) is 24.2 Å². The van der Waals surface area contributed by atoms with Crippen LogP contribution in [0.4, 0.5) is 0 Å². The van der Waals surface area contributed by atoms with Gasteiger partial charge < -0.3 is 60.1 Å². The van der Waals surface area contributed by atoms with Gasteiger partial charge in [-0.3, -0.25) is 4.79 Å². The lowest BCUT2D eigenvalue weighted by molar-refractivity contribution is -0.308. The van der Waals surface area contributed by atoms with Crippen molar-refractivity contribution in [2.45, 2.75) is 125 Å². The number of ether oxygens (including phenoxy) is 5. The number of fused-ring (bicyclic) bond motifs is 3. The number of aliphatic hydroxyl groups is 5. The van der Waals surface area contributed by atoms with E-state index in [0.717, 1.165) is 0 Å². The third-order valence-electron chi connectivity index (χ3n) is 8.58. The summed E-state index contributed by atoms with van der Waals surface area (Å²) in [6, 6.07) is -1.08. The summed E-state index contributed by atoms with van der Waals surface area (Å²) in [6.45, 7) is 3.34. The number of cyclic esters (lactones) is 1. The van der Waals surface area contributed by atoms with Crippen LogP contribution in [-0.4, -0.2) is 122 Å². The first-order valence-electron chi connectivity index (χ1n) is 15.9. The predicted octanol–water partition coefficient (Wildman–Crippen LogP) is 0.120. The lowest BCUT2D eigenvalue weighted by Gasteiger charge is -2.45. The molecule has 0 unspecified atom stereocenters. The molecule has 14 heteroatoms. The van der Waals surface area contributed by atoms with Gasteiger partial charge in [-0.1, -0.05) is 48.6 Å². The first-order chi connectivity index (χ1) is 22.3. The summed E-state index contributed by atoms with van der Waals surface area (Å²) in [5.41, 5.74) is 5.98. The van der Waals surface area contributed by atoms with E-state index < -0.39 is 97.3 Å². The SMILES string of the molecule is C[C@@H]1C/C=C/C=C/C=C/C=C/[C@H](O[C@@H]2O[C@H](C)[C@H](O)[C@H](N)[C@@H]2O)C[C@H]2O[C@@](O)(C[C@H](O)C[C@@H]3O[C@@H]3/C=C/C(=O)O1)C[C@@H](O)[C@@H]2C(=O)O. The van der Waals surface area contributed by atoms with Crippen molar-refractivity contribution in [3.05, 3.63) is 60.8 Å². The van der Waals surface area contributed by atoms with Crippen LogP contribution in [0, 0.1) is 5.92 Å². The molecule has 8 N–H and O–H groups in total. The predicted molar refractivity (Wildman–Crippen MR) is 165 cm³/mol. The molecular weight excluding hydrogens is 618 g/mol. The number of nitrogens with two attached hydrogens (primary N) is 1. The van der Waals surface area contributed by atoms with E-state index in [1.54, 1.807) is 56.4 Å². The van der Waals surface area contributed by atoms with Crippen LogP contribution in [-0.2, 0) is 33.3 Å². The number of hydrogen-bond acceptors (Lipinski definition) is 13. The van der Waals surface area contributed by atoms with E-state index in [0.29, 0.717) is 6.42 Å². The highest BCUT2D eigenvalue weighted by molar-refractivity contribution is 5.82. The van der Waals surface area contributed by atoms with E-state index in [2.05, 4.69) is 0 Å². The van der Waals surface area contributed by atoms with Crippen molar-refractivity contribution in [2.75, 3.05) is 0 Å². The number of aliphatic hydroxyl groups excluding tert-OH is 4. The molecule has 0 amide bonds. The van der Waals surface area contributed by atoms with Crippen molar-refractivity contribution in [3.63, 3.8) is 0 Å².